The molecule has 1 aliphatic carbocycles. The number of nitrogens with one attached hydrogen (secondary N) is 1. The van der Waals surface area contributed by atoms with Crippen LogP contribution in [0, 0.1) is 5.41 Å². The number of carbonyl (C=O) groups excluding carboxylic acids is 2. The molecule has 1 aliphatic heterocycles. The number of rotatable bonds is 5. The van der Waals surface area contributed by atoms with E-state index in [4.69, 9.17) is 5.11 Å². The van der Waals surface area contributed by atoms with E-state index in [1.54, 1.807) is 4.90 Å². The van der Waals surface area contributed by atoms with Gasteiger partial charge in [-0.15, -0.1) is 0 Å². The second-order valence-electron chi connectivity index (χ2n) is 6.48. The van der Waals surface area contributed by atoms with E-state index in [1.165, 1.54) is 6.92 Å². The van der Waals surface area contributed by atoms with Crippen LogP contribution in [0.3, 0.4) is 0 Å². The third kappa shape index (κ3) is 4.19. The van der Waals surface area contributed by atoms with Crippen molar-refractivity contribution in [2.24, 2.45) is 5.41 Å². The van der Waals surface area contributed by atoms with Crippen LogP contribution in [0.15, 0.2) is 0 Å². The molecule has 1 atom stereocenters. The molecule has 2 N–H and O–H groups in total. The quantitative estimate of drug-likeness (QED) is 0.796. The summed E-state index contributed by atoms with van der Waals surface area (Å²) in [6.07, 6.45) is 4.86. The van der Waals surface area contributed by atoms with Gasteiger partial charge in [-0.2, -0.15) is 0 Å². The number of likely N-dealkylation sites (tertiary alicyclic amines) is 1. The Balaban J connectivity index is 1.91. The first-order valence-electron chi connectivity index (χ1n) is 7.67. The van der Waals surface area contributed by atoms with Crippen LogP contribution in [0.1, 0.15) is 51.9 Å². The van der Waals surface area contributed by atoms with Crippen molar-refractivity contribution in [3.05, 3.63) is 0 Å². The average molecular weight is 296 g/mol. The lowest BCUT2D eigenvalue weighted by atomic mass is 9.79. The molecule has 1 heterocycles. The maximum absolute atomic E-state index is 12.4. The van der Waals surface area contributed by atoms with Crippen LogP contribution in [0.5, 0.6) is 0 Å². The molecular weight excluding hydrogens is 272 g/mol. The van der Waals surface area contributed by atoms with E-state index in [9.17, 15) is 14.4 Å². The number of carboxylic acids is 1. The fourth-order valence-electron chi connectivity index (χ4n) is 3.69. The van der Waals surface area contributed by atoms with Crippen molar-refractivity contribution >= 4 is 17.8 Å². The Morgan fingerprint density at radius 3 is 2.48 bits per heavy atom. The molecule has 2 rings (SSSR count). The van der Waals surface area contributed by atoms with E-state index in [0.29, 0.717) is 19.5 Å². The SMILES string of the molecule is CC(=O)NC1CCN(C(=O)CC2(CC(=O)O)CCCC2)C1. The average Bonchev–Trinajstić information content (AvgIpc) is 2.97. The lowest BCUT2D eigenvalue weighted by Crippen LogP contribution is -2.39. The summed E-state index contributed by atoms with van der Waals surface area (Å²) in [4.78, 5) is 36.3. The Hall–Kier alpha value is -1.59. The molecule has 0 aromatic carbocycles. The van der Waals surface area contributed by atoms with Crippen LogP contribution in [-0.2, 0) is 14.4 Å². The molecule has 1 unspecified atom stereocenters. The molecule has 0 aromatic rings. The minimum atomic E-state index is -0.817. The molecule has 2 amide bonds. The molecule has 118 valence electrons. The first-order valence-corrected chi connectivity index (χ1v) is 7.67. The summed E-state index contributed by atoms with van der Waals surface area (Å²) < 4.78 is 0. The second-order valence-corrected chi connectivity index (χ2v) is 6.48. The molecule has 1 saturated heterocycles. The van der Waals surface area contributed by atoms with Gasteiger partial charge in [0, 0.05) is 32.5 Å². The van der Waals surface area contributed by atoms with Gasteiger partial charge in [0.15, 0.2) is 0 Å². The van der Waals surface area contributed by atoms with Crippen LogP contribution in [0.25, 0.3) is 0 Å². The van der Waals surface area contributed by atoms with Crippen molar-refractivity contribution in [1.82, 2.24) is 10.2 Å². The Morgan fingerprint density at radius 1 is 1.24 bits per heavy atom. The summed E-state index contributed by atoms with van der Waals surface area (Å²) in [6, 6.07) is 0.0328. The normalized spacial score (nSPS) is 24.0. The first kappa shape index (κ1) is 15.8. The van der Waals surface area contributed by atoms with E-state index < -0.39 is 5.97 Å². The molecule has 0 spiro atoms. The van der Waals surface area contributed by atoms with Crippen molar-refractivity contribution < 1.29 is 19.5 Å². The van der Waals surface area contributed by atoms with Crippen molar-refractivity contribution in [2.45, 2.75) is 57.9 Å². The minimum Gasteiger partial charge on any atom is -0.481 e. The summed E-state index contributed by atoms with van der Waals surface area (Å²) in [5, 5.41) is 11.9. The highest BCUT2D eigenvalue weighted by atomic mass is 16.4. The van der Waals surface area contributed by atoms with Crippen molar-refractivity contribution in [3.8, 4) is 0 Å². The number of hydrogen-bond acceptors (Lipinski definition) is 3. The Labute approximate surface area is 124 Å². The van der Waals surface area contributed by atoms with Gasteiger partial charge in [0.2, 0.25) is 11.8 Å². The van der Waals surface area contributed by atoms with Gasteiger partial charge >= 0.3 is 5.97 Å². The van der Waals surface area contributed by atoms with Crippen LogP contribution >= 0.6 is 0 Å². The second kappa shape index (κ2) is 6.45. The number of amides is 2. The first-order chi connectivity index (χ1) is 9.90. The topological polar surface area (TPSA) is 86.7 Å². The van der Waals surface area contributed by atoms with E-state index in [2.05, 4.69) is 5.32 Å². The fourth-order valence-corrected chi connectivity index (χ4v) is 3.69. The summed E-state index contributed by atoms with van der Waals surface area (Å²) in [5.74, 6) is -0.860. The molecule has 1 saturated carbocycles. The van der Waals surface area contributed by atoms with Crippen LogP contribution in [-0.4, -0.2) is 46.9 Å². The third-order valence-corrected chi connectivity index (χ3v) is 4.67. The van der Waals surface area contributed by atoms with Gasteiger partial charge in [0.25, 0.3) is 0 Å². The van der Waals surface area contributed by atoms with Gasteiger partial charge in [0.1, 0.15) is 0 Å². The highest BCUT2D eigenvalue weighted by Gasteiger charge is 2.40. The summed E-state index contributed by atoms with van der Waals surface area (Å²) in [5.41, 5.74) is -0.352. The van der Waals surface area contributed by atoms with Crippen LogP contribution in [0.4, 0.5) is 0 Å². The van der Waals surface area contributed by atoms with Crippen LogP contribution < -0.4 is 5.32 Å². The molecule has 2 aliphatic rings. The smallest absolute Gasteiger partial charge is 0.303 e. The van der Waals surface area contributed by atoms with Gasteiger partial charge < -0.3 is 15.3 Å². The van der Waals surface area contributed by atoms with E-state index in [1.807, 2.05) is 0 Å². The number of aliphatic carboxylic acids is 1. The number of carboxylic acid groups (broad SMARTS) is 1. The maximum atomic E-state index is 12.4. The lowest BCUT2D eigenvalue weighted by molar-refractivity contribution is -0.141. The maximum Gasteiger partial charge on any atom is 0.303 e. The van der Waals surface area contributed by atoms with Crippen molar-refractivity contribution in [3.63, 3.8) is 0 Å². The zero-order chi connectivity index (χ0) is 15.5. The summed E-state index contributed by atoms with van der Waals surface area (Å²) in [7, 11) is 0. The third-order valence-electron chi connectivity index (χ3n) is 4.67. The van der Waals surface area contributed by atoms with E-state index in [-0.39, 0.29) is 29.7 Å². The van der Waals surface area contributed by atoms with Gasteiger partial charge in [-0.05, 0) is 24.7 Å². The van der Waals surface area contributed by atoms with Gasteiger partial charge in [-0.3, -0.25) is 14.4 Å². The lowest BCUT2D eigenvalue weighted by Gasteiger charge is -2.29. The highest BCUT2D eigenvalue weighted by molar-refractivity contribution is 5.79. The predicted molar refractivity (Wildman–Crippen MR) is 76.6 cm³/mol. The highest BCUT2D eigenvalue weighted by Crippen LogP contribution is 2.44. The Bertz CT molecular complexity index is 429. The summed E-state index contributed by atoms with van der Waals surface area (Å²) in [6.45, 7) is 2.67. The molecule has 21 heavy (non-hydrogen) atoms. The molecular formula is C15H24N2O4. The number of carbonyl (C=O) groups is 3. The number of hydrogen-bond donors (Lipinski definition) is 2. The number of nitrogens with zero attached hydrogens (tertiary/aromatic N) is 1. The zero-order valence-electron chi connectivity index (χ0n) is 12.6. The molecule has 0 bridgehead atoms. The summed E-state index contributed by atoms with van der Waals surface area (Å²) >= 11 is 0. The molecule has 6 heteroatoms. The predicted octanol–water partition coefficient (Wildman–Crippen LogP) is 1.15. The minimum absolute atomic E-state index is 0.0328. The van der Waals surface area contributed by atoms with Crippen LogP contribution in [0.2, 0.25) is 0 Å². The van der Waals surface area contributed by atoms with Gasteiger partial charge in [-0.1, -0.05) is 12.8 Å². The van der Waals surface area contributed by atoms with Crippen molar-refractivity contribution in [2.75, 3.05) is 13.1 Å². The monoisotopic (exact) mass is 296 g/mol. The molecule has 6 nitrogen and oxygen atoms in total. The van der Waals surface area contributed by atoms with E-state index >= 15 is 0 Å². The molecule has 0 aromatic heterocycles. The molecule has 2 fully saturated rings. The van der Waals surface area contributed by atoms with Gasteiger partial charge in [-0.25, -0.2) is 0 Å². The Kier molecular flexibility index (Phi) is 4.85. The molecule has 0 radical (unpaired) electrons. The fraction of sp³-hybridized carbons (Fsp3) is 0.800. The largest absolute Gasteiger partial charge is 0.481 e. The zero-order valence-corrected chi connectivity index (χ0v) is 12.6. The standard InChI is InChI=1S/C15H24N2O4/c1-11(18)16-12-4-7-17(10-12)13(19)8-15(9-14(20)21)5-2-3-6-15/h12H,2-10H2,1H3,(H,16,18)(H,20,21). The Morgan fingerprint density at radius 2 is 1.90 bits per heavy atom. The van der Waals surface area contributed by atoms with Crippen molar-refractivity contribution in [1.29, 1.82) is 0 Å². The van der Waals surface area contributed by atoms with E-state index in [0.717, 1.165) is 32.1 Å². The van der Waals surface area contributed by atoms with Gasteiger partial charge in [0.05, 0.1) is 6.42 Å².